The first-order valence-corrected chi connectivity index (χ1v) is 9.82. The Morgan fingerprint density at radius 1 is 1.18 bits per heavy atom. The van der Waals surface area contributed by atoms with Gasteiger partial charge in [0.2, 0.25) is 11.8 Å². The number of H-pyrrole nitrogens is 1. The van der Waals surface area contributed by atoms with Gasteiger partial charge < -0.3 is 31.2 Å². The van der Waals surface area contributed by atoms with E-state index in [4.69, 9.17) is 32.5 Å². The number of hydrogen-bond acceptors (Lipinski definition) is 8. The number of hydrogen-bond donors (Lipinski definition) is 4. The fourth-order valence-electron chi connectivity index (χ4n) is 2.61. The van der Waals surface area contributed by atoms with Crippen molar-refractivity contribution in [3.63, 3.8) is 0 Å². The van der Waals surface area contributed by atoms with E-state index in [2.05, 4.69) is 32.1 Å². The second kappa shape index (κ2) is 10.2. The van der Waals surface area contributed by atoms with Gasteiger partial charge in [-0.05, 0) is 42.5 Å². The van der Waals surface area contributed by atoms with Crippen LogP contribution in [-0.2, 0) is 10.9 Å². The van der Waals surface area contributed by atoms with Crippen LogP contribution < -0.4 is 21.5 Å². The molecule has 0 saturated heterocycles. The van der Waals surface area contributed by atoms with Crippen LogP contribution in [0.2, 0.25) is 5.02 Å². The molecule has 0 fully saturated rings. The van der Waals surface area contributed by atoms with E-state index in [1.54, 1.807) is 24.3 Å². The molecular weight excluding hydrogens is 475 g/mol. The van der Waals surface area contributed by atoms with Crippen LogP contribution in [0.3, 0.4) is 0 Å². The molecule has 0 amide bonds. The van der Waals surface area contributed by atoms with Gasteiger partial charge in [-0.2, -0.15) is 18.2 Å². The SMILES string of the molecule is C=C(N)/N=C(\C=C(/N)OC)Oc1ccc(-c2nnc(Nc3ccc(Cl)c(C(F)(F)F)c3)[nH]2)cc1. The number of nitrogens with two attached hydrogens (primary N) is 2. The van der Waals surface area contributed by atoms with Crippen LogP contribution in [0.15, 0.2) is 71.8 Å². The zero-order valence-corrected chi connectivity index (χ0v) is 18.4. The number of rotatable bonds is 7. The molecule has 34 heavy (non-hydrogen) atoms. The largest absolute Gasteiger partial charge is 0.483 e. The van der Waals surface area contributed by atoms with Crippen molar-refractivity contribution in [2.75, 3.05) is 12.4 Å². The van der Waals surface area contributed by atoms with Crippen molar-refractivity contribution in [3.8, 4) is 17.1 Å². The van der Waals surface area contributed by atoms with E-state index in [1.165, 1.54) is 19.3 Å². The highest BCUT2D eigenvalue weighted by atomic mass is 35.5. The van der Waals surface area contributed by atoms with Crippen molar-refractivity contribution in [2.24, 2.45) is 16.5 Å². The molecule has 2 aromatic carbocycles. The summed E-state index contributed by atoms with van der Waals surface area (Å²) in [5.74, 6) is 1.04. The number of aromatic amines is 1. The number of methoxy groups -OCH3 is 1. The molecule has 3 aromatic rings. The molecule has 6 N–H and O–H groups in total. The van der Waals surface area contributed by atoms with E-state index < -0.39 is 16.8 Å². The Kier molecular flexibility index (Phi) is 7.31. The van der Waals surface area contributed by atoms with Gasteiger partial charge in [-0.25, -0.2) is 0 Å². The summed E-state index contributed by atoms with van der Waals surface area (Å²) >= 11 is 5.64. The number of anilines is 2. The molecule has 0 aliphatic carbocycles. The number of aromatic nitrogens is 3. The zero-order valence-electron chi connectivity index (χ0n) is 17.7. The lowest BCUT2D eigenvalue weighted by atomic mass is 10.2. The highest BCUT2D eigenvalue weighted by Gasteiger charge is 2.33. The molecule has 0 atom stereocenters. The highest BCUT2D eigenvalue weighted by molar-refractivity contribution is 6.31. The van der Waals surface area contributed by atoms with Crippen molar-refractivity contribution in [3.05, 3.63) is 77.4 Å². The predicted molar refractivity (Wildman–Crippen MR) is 122 cm³/mol. The molecule has 0 aliphatic heterocycles. The number of ether oxygens (including phenoxy) is 2. The van der Waals surface area contributed by atoms with Crippen LogP contribution in [0.5, 0.6) is 5.75 Å². The minimum absolute atomic E-state index is 0.0107. The van der Waals surface area contributed by atoms with E-state index in [9.17, 15) is 13.2 Å². The van der Waals surface area contributed by atoms with Crippen molar-refractivity contribution < 1.29 is 22.6 Å². The molecule has 0 bridgehead atoms. The number of alkyl halides is 3. The van der Waals surface area contributed by atoms with E-state index in [-0.39, 0.29) is 29.2 Å². The van der Waals surface area contributed by atoms with Crippen molar-refractivity contribution >= 4 is 29.1 Å². The van der Waals surface area contributed by atoms with Gasteiger partial charge >= 0.3 is 6.18 Å². The van der Waals surface area contributed by atoms with Gasteiger partial charge in [0.25, 0.3) is 0 Å². The van der Waals surface area contributed by atoms with Crippen LogP contribution in [0.1, 0.15) is 5.56 Å². The third kappa shape index (κ3) is 6.42. The number of nitrogens with zero attached hydrogens (tertiary/aromatic N) is 3. The van der Waals surface area contributed by atoms with E-state index >= 15 is 0 Å². The second-order valence-electron chi connectivity index (χ2n) is 6.66. The average Bonchev–Trinajstić information content (AvgIpc) is 3.22. The highest BCUT2D eigenvalue weighted by Crippen LogP contribution is 2.36. The topological polar surface area (TPSA) is 136 Å². The van der Waals surface area contributed by atoms with Crippen LogP contribution >= 0.6 is 11.6 Å². The van der Waals surface area contributed by atoms with E-state index in [0.29, 0.717) is 17.1 Å². The smallest absolute Gasteiger partial charge is 0.417 e. The summed E-state index contributed by atoms with van der Waals surface area (Å²) in [5, 5.41) is 10.2. The number of benzene rings is 2. The van der Waals surface area contributed by atoms with E-state index in [1.807, 2.05) is 0 Å². The molecule has 0 unspecified atom stereocenters. The lowest BCUT2D eigenvalue weighted by Gasteiger charge is -2.11. The lowest BCUT2D eigenvalue weighted by molar-refractivity contribution is -0.137. The normalized spacial score (nSPS) is 12.4. The Morgan fingerprint density at radius 2 is 1.88 bits per heavy atom. The van der Waals surface area contributed by atoms with Crippen molar-refractivity contribution in [1.82, 2.24) is 15.2 Å². The fraction of sp³-hybridized carbons (Fsp3) is 0.0952. The Bertz CT molecular complexity index is 1240. The van der Waals surface area contributed by atoms with Gasteiger partial charge in [0.1, 0.15) is 11.6 Å². The number of aliphatic imine (C=N–C) groups is 1. The summed E-state index contributed by atoms with van der Waals surface area (Å²) < 4.78 is 49.7. The molecule has 0 saturated carbocycles. The Morgan fingerprint density at radius 3 is 2.50 bits per heavy atom. The molecule has 1 aromatic heterocycles. The first-order valence-electron chi connectivity index (χ1n) is 9.44. The molecule has 0 radical (unpaired) electrons. The fourth-order valence-corrected chi connectivity index (χ4v) is 2.84. The first-order chi connectivity index (χ1) is 16.0. The Hall–Kier alpha value is -4.19. The third-order valence-corrected chi connectivity index (χ3v) is 4.46. The Labute approximate surface area is 196 Å². The van der Waals surface area contributed by atoms with Gasteiger partial charge in [0.05, 0.1) is 23.8 Å². The molecule has 1 heterocycles. The number of halogens is 4. The van der Waals surface area contributed by atoms with Crippen LogP contribution in [-0.4, -0.2) is 28.2 Å². The summed E-state index contributed by atoms with van der Waals surface area (Å²) in [6, 6.07) is 10.1. The van der Waals surface area contributed by atoms with Gasteiger partial charge in [-0.3, -0.25) is 0 Å². The summed E-state index contributed by atoms with van der Waals surface area (Å²) in [6.45, 7) is 3.49. The Balaban J connectivity index is 1.74. The zero-order chi connectivity index (χ0) is 24.9. The molecule has 9 nitrogen and oxygen atoms in total. The molecule has 178 valence electrons. The predicted octanol–water partition coefficient (Wildman–Crippen LogP) is 4.54. The molecule has 3 rings (SSSR count). The van der Waals surface area contributed by atoms with Gasteiger partial charge in [0, 0.05) is 11.3 Å². The standard InChI is InChI=1S/C21H19ClF3N7O2/c1-11(26)28-18(10-17(27)33-2)34-14-6-3-12(4-7-14)19-30-20(32-31-19)29-13-5-8-16(22)15(9-13)21(23,24)25/h3-10H,1,26-27H2,2H3,(H2,29,30,31,32)/b17-10+,28-18+. The van der Waals surface area contributed by atoms with Gasteiger partial charge in [0.15, 0.2) is 11.7 Å². The van der Waals surface area contributed by atoms with E-state index in [0.717, 1.165) is 12.1 Å². The second-order valence-corrected chi connectivity index (χ2v) is 7.07. The van der Waals surface area contributed by atoms with Crippen LogP contribution in [0.4, 0.5) is 24.8 Å². The summed E-state index contributed by atoms with van der Waals surface area (Å²) in [4.78, 5) is 6.82. The summed E-state index contributed by atoms with van der Waals surface area (Å²) in [7, 11) is 1.39. The lowest BCUT2D eigenvalue weighted by Crippen LogP contribution is -2.12. The maximum Gasteiger partial charge on any atom is 0.417 e. The summed E-state index contributed by atoms with van der Waals surface area (Å²) in [6.07, 6.45) is -3.25. The minimum atomic E-state index is -4.59. The first kappa shape index (κ1) is 24.5. The monoisotopic (exact) mass is 493 g/mol. The van der Waals surface area contributed by atoms with Crippen LogP contribution in [0, 0.1) is 0 Å². The van der Waals surface area contributed by atoms with Crippen LogP contribution in [0.25, 0.3) is 11.4 Å². The van der Waals surface area contributed by atoms with Crippen molar-refractivity contribution in [1.29, 1.82) is 0 Å². The van der Waals surface area contributed by atoms with Gasteiger partial charge in [-0.1, -0.05) is 18.2 Å². The molecule has 0 aliphatic rings. The third-order valence-electron chi connectivity index (χ3n) is 4.13. The number of nitrogens with one attached hydrogen (secondary N) is 2. The average molecular weight is 494 g/mol. The summed E-state index contributed by atoms with van der Waals surface area (Å²) in [5.41, 5.74) is 10.9. The quantitative estimate of drug-likeness (QED) is 0.215. The minimum Gasteiger partial charge on any atom is -0.483 e. The molecule has 0 spiro atoms. The van der Waals surface area contributed by atoms with Gasteiger partial charge in [-0.15, -0.1) is 10.2 Å². The molecule has 13 heteroatoms. The van der Waals surface area contributed by atoms with Crippen molar-refractivity contribution in [2.45, 2.75) is 6.18 Å². The molecular formula is C21H19ClF3N7O2. The maximum absolute atomic E-state index is 13.1. The maximum atomic E-state index is 13.1.